The molecule has 0 saturated carbocycles. The van der Waals surface area contributed by atoms with E-state index in [2.05, 4.69) is 4.90 Å². The van der Waals surface area contributed by atoms with Crippen molar-refractivity contribution in [1.82, 2.24) is 9.80 Å². The summed E-state index contributed by atoms with van der Waals surface area (Å²) in [6.07, 6.45) is 0.515. The monoisotopic (exact) mass is 396 g/mol. The van der Waals surface area contributed by atoms with Gasteiger partial charge in [-0.3, -0.25) is 14.5 Å². The summed E-state index contributed by atoms with van der Waals surface area (Å²) >= 11 is 0. The lowest BCUT2D eigenvalue weighted by Gasteiger charge is -2.35. The fourth-order valence-corrected chi connectivity index (χ4v) is 3.55. The van der Waals surface area contributed by atoms with Crippen LogP contribution in [0.25, 0.3) is 0 Å². The number of methoxy groups -OCH3 is 2. The Morgan fingerprint density at radius 1 is 0.897 bits per heavy atom. The number of piperazine rings is 1. The lowest BCUT2D eigenvalue weighted by Crippen LogP contribution is -2.48. The quantitative estimate of drug-likeness (QED) is 0.642. The van der Waals surface area contributed by atoms with Gasteiger partial charge in [-0.25, -0.2) is 0 Å². The molecule has 2 aromatic rings. The Kier molecular flexibility index (Phi) is 7.25. The van der Waals surface area contributed by atoms with E-state index in [1.807, 2.05) is 41.3 Å². The molecule has 6 heteroatoms. The number of carbonyl (C=O) groups is 2. The number of amides is 1. The third-order valence-electron chi connectivity index (χ3n) is 5.27. The van der Waals surface area contributed by atoms with E-state index in [-0.39, 0.29) is 24.5 Å². The van der Waals surface area contributed by atoms with E-state index < -0.39 is 0 Å². The van der Waals surface area contributed by atoms with E-state index in [9.17, 15) is 9.59 Å². The van der Waals surface area contributed by atoms with Crippen molar-refractivity contribution < 1.29 is 19.1 Å². The average molecular weight is 396 g/mol. The highest BCUT2D eigenvalue weighted by Gasteiger charge is 2.22. The fraction of sp³-hybridized carbons (Fsp3) is 0.391. The van der Waals surface area contributed by atoms with Gasteiger partial charge in [0.2, 0.25) is 5.91 Å². The van der Waals surface area contributed by atoms with Crippen LogP contribution in [0.5, 0.6) is 11.5 Å². The van der Waals surface area contributed by atoms with Gasteiger partial charge in [-0.15, -0.1) is 0 Å². The normalized spacial score (nSPS) is 14.5. The summed E-state index contributed by atoms with van der Waals surface area (Å²) in [5, 5.41) is 0. The van der Waals surface area contributed by atoms with Crippen LogP contribution in [-0.4, -0.2) is 61.9 Å². The van der Waals surface area contributed by atoms with Crippen molar-refractivity contribution in [3.8, 4) is 11.5 Å². The van der Waals surface area contributed by atoms with Crippen LogP contribution in [0.2, 0.25) is 0 Å². The molecule has 0 bridgehead atoms. The van der Waals surface area contributed by atoms with Crippen LogP contribution in [0.15, 0.2) is 48.5 Å². The number of hydrogen-bond donors (Lipinski definition) is 0. The Hall–Kier alpha value is -2.86. The number of rotatable bonds is 8. The van der Waals surface area contributed by atoms with Gasteiger partial charge in [0.05, 0.1) is 14.2 Å². The molecule has 2 aromatic carbocycles. The molecule has 1 heterocycles. The Labute approximate surface area is 172 Å². The third-order valence-corrected chi connectivity index (χ3v) is 5.27. The van der Waals surface area contributed by atoms with Crippen LogP contribution in [0.4, 0.5) is 0 Å². The summed E-state index contributed by atoms with van der Waals surface area (Å²) in [5.74, 6) is 1.71. The van der Waals surface area contributed by atoms with Gasteiger partial charge >= 0.3 is 0 Å². The van der Waals surface area contributed by atoms with Gasteiger partial charge in [0, 0.05) is 56.7 Å². The Morgan fingerprint density at radius 3 is 2.28 bits per heavy atom. The molecule has 6 nitrogen and oxygen atoms in total. The van der Waals surface area contributed by atoms with Crippen LogP contribution >= 0.6 is 0 Å². The lowest BCUT2D eigenvalue weighted by molar-refractivity contribution is -0.133. The maximum atomic E-state index is 12.5. The first-order chi connectivity index (χ1) is 14.1. The van der Waals surface area contributed by atoms with Crippen LogP contribution in [0.3, 0.4) is 0 Å². The molecule has 0 radical (unpaired) electrons. The summed E-state index contributed by atoms with van der Waals surface area (Å²) in [4.78, 5) is 28.9. The number of hydrogen-bond acceptors (Lipinski definition) is 5. The fourth-order valence-electron chi connectivity index (χ4n) is 3.55. The molecule has 0 aliphatic carbocycles. The largest absolute Gasteiger partial charge is 0.497 e. The number of ketones is 1. The highest BCUT2D eigenvalue weighted by atomic mass is 16.5. The van der Waals surface area contributed by atoms with E-state index in [1.54, 1.807) is 26.4 Å². The SMILES string of the molecule is COc1ccc(OC)c(CN2CCN(C(=O)CCC(=O)c3ccccc3)CC2)c1. The lowest BCUT2D eigenvalue weighted by atomic mass is 10.1. The van der Waals surface area contributed by atoms with Crippen LogP contribution in [0.1, 0.15) is 28.8 Å². The minimum absolute atomic E-state index is 0.0164. The smallest absolute Gasteiger partial charge is 0.223 e. The Morgan fingerprint density at radius 2 is 1.62 bits per heavy atom. The predicted molar refractivity (Wildman–Crippen MR) is 111 cm³/mol. The van der Waals surface area contributed by atoms with E-state index in [0.717, 1.165) is 36.7 Å². The molecule has 1 aliphatic heterocycles. The molecule has 154 valence electrons. The van der Waals surface area contributed by atoms with Gasteiger partial charge in [-0.1, -0.05) is 30.3 Å². The summed E-state index contributed by atoms with van der Waals surface area (Å²) in [6, 6.07) is 14.9. The van der Waals surface area contributed by atoms with Gasteiger partial charge in [-0.2, -0.15) is 0 Å². The van der Waals surface area contributed by atoms with E-state index >= 15 is 0 Å². The second-order valence-electron chi connectivity index (χ2n) is 7.12. The molecule has 0 spiro atoms. The topological polar surface area (TPSA) is 59.1 Å². The number of benzene rings is 2. The summed E-state index contributed by atoms with van der Waals surface area (Å²) in [7, 11) is 3.32. The number of ether oxygens (including phenoxy) is 2. The zero-order valence-electron chi connectivity index (χ0n) is 17.1. The molecule has 0 atom stereocenters. The van der Waals surface area contributed by atoms with Crippen molar-refractivity contribution in [1.29, 1.82) is 0 Å². The van der Waals surface area contributed by atoms with E-state index in [4.69, 9.17) is 9.47 Å². The van der Waals surface area contributed by atoms with Gasteiger partial charge in [-0.05, 0) is 18.2 Å². The molecule has 1 saturated heterocycles. The van der Waals surface area contributed by atoms with Crippen LogP contribution < -0.4 is 9.47 Å². The van der Waals surface area contributed by atoms with Crippen molar-refractivity contribution in [3.05, 3.63) is 59.7 Å². The average Bonchev–Trinajstić information content (AvgIpc) is 2.78. The van der Waals surface area contributed by atoms with Crippen molar-refractivity contribution in [2.24, 2.45) is 0 Å². The molecule has 0 N–H and O–H groups in total. The highest BCUT2D eigenvalue weighted by Crippen LogP contribution is 2.25. The zero-order chi connectivity index (χ0) is 20.6. The number of nitrogens with zero attached hydrogens (tertiary/aromatic N) is 2. The predicted octanol–water partition coefficient (Wildman–Crippen LogP) is 3.01. The van der Waals surface area contributed by atoms with Crippen molar-refractivity contribution in [3.63, 3.8) is 0 Å². The second-order valence-corrected chi connectivity index (χ2v) is 7.12. The highest BCUT2D eigenvalue weighted by molar-refractivity contribution is 5.97. The Balaban J connectivity index is 1.48. The molecule has 0 unspecified atom stereocenters. The maximum absolute atomic E-state index is 12.5. The first-order valence-electron chi connectivity index (χ1n) is 9.90. The van der Waals surface area contributed by atoms with Gasteiger partial charge < -0.3 is 14.4 Å². The molecule has 1 amide bonds. The van der Waals surface area contributed by atoms with E-state index in [0.29, 0.717) is 18.7 Å². The van der Waals surface area contributed by atoms with Gasteiger partial charge in [0.25, 0.3) is 0 Å². The molecular weight excluding hydrogens is 368 g/mol. The van der Waals surface area contributed by atoms with Crippen molar-refractivity contribution in [2.75, 3.05) is 40.4 Å². The minimum atomic E-state index is 0.0164. The second kappa shape index (κ2) is 10.1. The van der Waals surface area contributed by atoms with Gasteiger partial charge in [0.1, 0.15) is 11.5 Å². The minimum Gasteiger partial charge on any atom is -0.497 e. The molecular formula is C23H28N2O4. The molecule has 3 rings (SSSR count). The third kappa shape index (κ3) is 5.57. The van der Waals surface area contributed by atoms with Crippen molar-refractivity contribution >= 4 is 11.7 Å². The molecule has 1 aliphatic rings. The summed E-state index contributed by atoms with van der Waals surface area (Å²) < 4.78 is 10.8. The van der Waals surface area contributed by atoms with Gasteiger partial charge in [0.15, 0.2) is 5.78 Å². The molecule has 1 fully saturated rings. The number of Topliss-reactive ketones (excluding diaryl/α,β-unsaturated/α-hetero) is 1. The Bertz CT molecular complexity index is 830. The van der Waals surface area contributed by atoms with Crippen LogP contribution in [0, 0.1) is 0 Å². The first kappa shape index (κ1) is 20.9. The summed E-state index contributed by atoms with van der Waals surface area (Å²) in [5.41, 5.74) is 1.73. The maximum Gasteiger partial charge on any atom is 0.223 e. The zero-order valence-corrected chi connectivity index (χ0v) is 17.1. The van der Waals surface area contributed by atoms with E-state index in [1.165, 1.54) is 0 Å². The van der Waals surface area contributed by atoms with Crippen LogP contribution in [-0.2, 0) is 11.3 Å². The van der Waals surface area contributed by atoms with Crippen molar-refractivity contribution in [2.45, 2.75) is 19.4 Å². The molecule has 0 aromatic heterocycles. The summed E-state index contributed by atoms with van der Waals surface area (Å²) in [6.45, 7) is 3.67. The first-order valence-corrected chi connectivity index (χ1v) is 9.90. The number of carbonyl (C=O) groups excluding carboxylic acids is 2. The standard InChI is InChI=1S/C23H28N2O4/c1-28-20-8-10-22(29-2)19(16-20)17-24-12-14-25(15-13-24)23(27)11-9-21(26)18-6-4-3-5-7-18/h3-8,10,16H,9,11-15,17H2,1-2H3. The molecule has 29 heavy (non-hydrogen) atoms.